The number of fused-ring (bicyclic) bond motifs is 1. The van der Waals surface area contributed by atoms with Crippen LogP contribution in [0.3, 0.4) is 0 Å². The molecule has 0 saturated carbocycles. The summed E-state index contributed by atoms with van der Waals surface area (Å²) < 4.78 is 0. The fourth-order valence-corrected chi connectivity index (χ4v) is 2.99. The summed E-state index contributed by atoms with van der Waals surface area (Å²) in [7, 11) is 0. The predicted molar refractivity (Wildman–Crippen MR) is 85.2 cm³/mol. The molecule has 2 heterocycles. The van der Waals surface area contributed by atoms with Gasteiger partial charge in [-0.3, -0.25) is 0 Å². The highest BCUT2D eigenvalue weighted by atomic mass is 15.2. The van der Waals surface area contributed by atoms with Crippen LogP contribution in [0.2, 0.25) is 0 Å². The van der Waals surface area contributed by atoms with Crippen molar-refractivity contribution in [3.05, 3.63) is 36.4 Å². The van der Waals surface area contributed by atoms with E-state index in [9.17, 15) is 0 Å². The van der Waals surface area contributed by atoms with Gasteiger partial charge < -0.3 is 10.2 Å². The van der Waals surface area contributed by atoms with Crippen LogP contribution in [0.1, 0.15) is 19.8 Å². The Morgan fingerprint density at radius 3 is 2.75 bits per heavy atom. The van der Waals surface area contributed by atoms with Crippen molar-refractivity contribution in [2.45, 2.75) is 19.8 Å². The third-order valence-corrected chi connectivity index (χ3v) is 4.23. The Morgan fingerprint density at radius 1 is 1.15 bits per heavy atom. The first kappa shape index (κ1) is 13.4. The Labute approximate surface area is 121 Å². The monoisotopic (exact) mass is 269 g/mol. The highest BCUT2D eigenvalue weighted by Crippen LogP contribution is 2.21. The molecule has 1 saturated heterocycles. The maximum absolute atomic E-state index is 4.82. The molecule has 1 aromatic heterocycles. The summed E-state index contributed by atoms with van der Waals surface area (Å²) in [6.45, 7) is 6.69. The molecule has 1 aliphatic rings. The Hall–Kier alpha value is -1.61. The van der Waals surface area contributed by atoms with Gasteiger partial charge in [-0.25, -0.2) is 4.98 Å². The molecule has 1 fully saturated rings. The molecule has 1 aromatic carbocycles. The molecule has 3 nitrogen and oxygen atoms in total. The van der Waals surface area contributed by atoms with E-state index in [1.807, 2.05) is 0 Å². The average molecular weight is 269 g/mol. The zero-order valence-electron chi connectivity index (χ0n) is 12.2. The molecule has 3 heteroatoms. The fourth-order valence-electron chi connectivity index (χ4n) is 2.99. The summed E-state index contributed by atoms with van der Waals surface area (Å²) in [5, 5.41) is 4.65. The first-order valence-corrected chi connectivity index (χ1v) is 7.68. The van der Waals surface area contributed by atoms with Gasteiger partial charge in [0.25, 0.3) is 0 Å². The topological polar surface area (TPSA) is 28.2 Å². The number of rotatable bonds is 4. The summed E-state index contributed by atoms with van der Waals surface area (Å²) in [6.07, 6.45) is 2.56. The lowest BCUT2D eigenvalue weighted by atomic mass is 9.97. The Balaban J connectivity index is 1.79. The predicted octanol–water partition coefficient (Wildman–Crippen LogP) is 3.06. The van der Waals surface area contributed by atoms with E-state index in [-0.39, 0.29) is 0 Å². The van der Waals surface area contributed by atoms with E-state index in [1.54, 1.807) is 0 Å². The van der Waals surface area contributed by atoms with Crippen molar-refractivity contribution < 1.29 is 0 Å². The second kappa shape index (κ2) is 6.23. The molecule has 106 valence electrons. The highest BCUT2D eigenvalue weighted by molar-refractivity contribution is 5.80. The highest BCUT2D eigenvalue weighted by Gasteiger charge is 2.17. The van der Waals surface area contributed by atoms with Crippen molar-refractivity contribution in [2.24, 2.45) is 5.92 Å². The van der Waals surface area contributed by atoms with Crippen LogP contribution in [-0.4, -0.2) is 31.2 Å². The van der Waals surface area contributed by atoms with E-state index in [2.05, 4.69) is 53.5 Å². The lowest BCUT2D eigenvalue weighted by Crippen LogP contribution is -2.36. The number of nitrogens with zero attached hydrogens (tertiary/aromatic N) is 2. The van der Waals surface area contributed by atoms with E-state index in [0.29, 0.717) is 0 Å². The van der Waals surface area contributed by atoms with Gasteiger partial charge in [-0.05, 0) is 57.0 Å². The first-order valence-electron chi connectivity index (χ1n) is 7.68. The molecule has 0 aliphatic carbocycles. The van der Waals surface area contributed by atoms with Crippen molar-refractivity contribution in [3.8, 4) is 0 Å². The van der Waals surface area contributed by atoms with Gasteiger partial charge in [0.05, 0.1) is 5.52 Å². The third kappa shape index (κ3) is 2.93. The van der Waals surface area contributed by atoms with Crippen LogP contribution in [0.15, 0.2) is 36.4 Å². The summed E-state index contributed by atoms with van der Waals surface area (Å²) in [5.74, 6) is 1.91. The van der Waals surface area contributed by atoms with Crippen molar-refractivity contribution in [2.75, 3.05) is 31.1 Å². The normalized spacial score (nSPS) is 16.4. The molecule has 20 heavy (non-hydrogen) atoms. The minimum Gasteiger partial charge on any atom is -0.357 e. The van der Waals surface area contributed by atoms with Crippen molar-refractivity contribution >= 4 is 16.7 Å². The van der Waals surface area contributed by atoms with Gasteiger partial charge >= 0.3 is 0 Å². The molecule has 1 N–H and O–H groups in total. The molecule has 0 bridgehead atoms. The zero-order valence-corrected chi connectivity index (χ0v) is 12.2. The number of nitrogens with one attached hydrogen (secondary N) is 1. The third-order valence-electron chi connectivity index (χ3n) is 4.23. The van der Waals surface area contributed by atoms with Crippen LogP contribution in [0.25, 0.3) is 10.9 Å². The van der Waals surface area contributed by atoms with Crippen molar-refractivity contribution in [1.29, 1.82) is 0 Å². The first-order chi connectivity index (χ1) is 9.86. The smallest absolute Gasteiger partial charge is 0.129 e. The van der Waals surface area contributed by atoms with Gasteiger partial charge in [-0.1, -0.05) is 18.2 Å². The van der Waals surface area contributed by atoms with Crippen LogP contribution >= 0.6 is 0 Å². The van der Waals surface area contributed by atoms with Crippen LogP contribution in [0, 0.1) is 5.92 Å². The molecule has 2 aromatic rings. The minimum absolute atomic E-state index is 0.796. The minimum atomic E-state index is 0.796. The molecule has 1 aliphatic heterocycles. The second-order valence-corrected chi connectivity index (χ2v) is 5.59. The van der Waals surface area contributed by atoms with E-state index >= 15 is 0 Å². The van der Waals surface area contributed by atoms with Gasteiger partial charge in [-0.2, -0.15) is 0 Å². The number of pyridine rings is 1. The van der Waals surface area contributed by atoms with Gasteiger partial charge in [-0.15, -0.1) is 0 Å². The van der Waals surface area contributed by atoms with Gasteiger partial charge in [0.2, 0.25) is 0 Å². The number of anilines is 1. The van der Waals surface area contributed by atoms with E-state index < -0.39 is 0 Å². The Bertz CT molecular complexity index is 561. The van der Waals surface area contributed by atoms with Crippen molar-refractivity contribution in [1.82, 2.24) is 10.3 Å². The number of hydrogen-bond donors (Lipinski definition) is 1. The van der Waals surface area contributed by atoms with Crippen LogP contribution in [0.5, 0.6) is 0 Å². The molecule has 0 atom stereocenters. The maximum Gasteiger partial charge on any atom is 0.129 e. The van der Waals surface area contributed by atoms with E-state index in [0.717, 1.165) is 43.4 Å². The molecule has 3 rings (SSSR count). The summed E-state index contributed by atoms with van der Waals surface area (Å²) in [4.78, 5) is 7.24. The average Bonchev–Trinajstić information content (AvgIpc) is 2.53. The zero-order chi connectivity index (χ0) is 13.8. The maximum atomic E-state index is 4.82. The summed E-state index contributed by atoms with van der Waals surface area (Å²) in [5.41, 5.74) is 1.09. The Kier molecular flexibility index (Phi) is 4.16. The van der Waals surface area contributed by atoms with Crippen LogP contribution in [0.4, 0.5) is 5.82 Å². The number of hydrogen-bond acceptors (Lipinski definition) is 3. The summed E-state index contributed by atoms with van der Waals surface area (Å²) >= 11 is 0. The molecule has 0 spiro atoms. The number of benzene rings is 1. The standard InChI is InChI=1S/C17H23N3/c1-2-20(13-14-9-11-18-12-10-14)17-8-7-15-5-3-4-6-16(15)19-17/h3-8,14,18H,2,9-13H2,1H3. The van der Waals surface area contributed by atoms with E-state index in [4.69, 9.17) is 4.98 Å². The largest absolute Gasteiger partial charge is 0.357 e. The van der Waals surface area contributed by atoms with Gasteiger partial charge in [0, 0.05) is 18.5 Å². The lowest BCUT2D eigenvalue weighted by molar-refractivity contribution is 0.374. The molecular formula is C17H23N3. The molecular weight excluding hydrogens is 246 g/mol. The number of aromatic nitrogens is 1. The van der Waals surface area contributed by atoms with Gasteiger partial charge in [0.1, 0.15) is 5.82 Å². The Morgan fingerprint density at radius 2 is 1.95 bits per heavy atom. The number of para-hydroxylation sites is 1. The lowest BCUT2D eigenvalue weighted by Gasteiger charge is -2.30. The molecule has 0 unspecified atom stereocenters. The van der Waals surface area contributed by atoms with Crippen LogP contribution in [-0.2, 0) is 0 Å². The van der Waals surface area contributed by atoms with Gasteiger partial charge in [0.15, 0.2) is 0 Å². The quantitative estimate of drug-likeness (QED) is 0.924. The summed E-state index contributed by atoms with van der Waals surface area (Å²) in [6, 6.07) is 12.7. The molecule has 0 amide bonds. The van der Waals surface area contributed by atoms with E-state index in [1.165, 1.54) is 18.2 Å². The number of piperidine rings is 1. The fraction of sp³-hybridized carbons (Fsp3) is 0.471. The SMILES string of the molecule is CCN(CC1CCNCC1)c1ccc2ccccc2n1. The van der Waals surface area contributed by atoms with Crippen molar-refractivity contribution in [3.63, 3.8) is 0 Å². The second-order valence-electron chi connectivity index (χ2n) is 5.59. The molecule has 0 radical (unpaired) electrons. The van der Waals surface area contributed by atoms with Crippen LogP contribution < -0.4 is 10.2 Å².